The number of nitrogens with zero attached hydrogens (tertiary/aromatic N) is 1. The van der Waals surface area contributed by atoms with Crippen LogP contribution in [0, 0.1) is 5.92 Å². The highest BCUT2D eigenvalue weighted by molar-refractivity contribution is 5.78. The number of rotatable bonds is 46. The number of carbonyl (C=O) groups is 1. The molecule has 0 spiro atoms. The first-order valence-electron chi connectivity index (χ1n) is 27.4. The molecule has 1 rings (SSSR count). The summed E-state index contributed by atoms with van der Waals surface area (Å²) >= 11 is 0. The van der Waals surface area contributed by atoms with Gasteiger partial charge in [0.15, 0.2) is 6.29 Å². The summed E-state index contributed by atoms with van der Waals surface area (Å²) in [4.78, 5) is 15.6. The molecule has 1 fully saturated rings. The summed E-state index contributed by atoms with van der Waals surface area (Å²) in [5, 5.41) is 11.3. The molecule has 0 radical (unpaired) electrons. The van der Waals surface area contributed by atoms with E-state index in [1.807, 2.05) is 20.9 Å². The zero-order valence-corrected chi connectivity index (χ0v) is 43.0. The van der Waals surface area contributed by atoms with Gasteiger partial charge in [-0.1, -0.05) is 209 Å². The van der Waals surface area contributed by atoms with Gasteiger partial charge in [-0.25, -0.2) is 0 Å². The van der Waals surface area contributed by atoms with Crippen molar-refractivity contribution in [3.8, 4) is 0 Å². The van der Waals surface area contributed by atoms with Crippen LogP contribution in [0.1, 0.15) is 248 Å². The minimum absolute atomic E-state index is 0.0527. The molecule has 0 saturated carbocycles. The average molecular weight is 898 g/mol. The van der Waals surface area contributed by atoms with Crippen molar-refractivity contribution in [1.82, 2.24) is 4.90 Å². The Morgan fingerprint density at radius 3 is 1.37 bits per heavy atom. The molecule has 0 aromatic carbocycles. The van der Waals surface area contributed by atoms with Gasteiger partial charge in [0.05, 0.1) is 25.4 Å². The van der Waals surface area contributed by atoms with E-state index in [0.29, 0.717) is 39.5 Å². The van der Waals surface area contributed by atoms with Gasteiger partial charge in [0.2, 0.25) is 5.91 Å². The molecule has 1 N–H and O–H groups in total. The van der Waals surface area contributed by atoms with Crippen LogP contribution in [0.4, 0.5) is 0 Å². The molecular formula is C54H107NO8. The monoisotopic (exact) mass is 898 g/mol. The highest BCUT2D eigenvalue weighted by Gasteiger charge is 2.49. The highest BCUT2D eigenvalue weighted by atomic mass is 16.7. The summed E-state index contributed by atoms with van der Waals surface area (Å²) in [6.45, 7) is 17.8. The van der Waals surface area contributed by atoms with E-state index in [0.717, 1.165) is 70.6 Å². The largest absolute Gasteiger partial charge is 0.391 e. The third-order valence-electron chi connectivity index (χ3n) is 13.2. The summed E-state index contributed by atoms with van der Waals surface area (Å²) in [6, 6.07) is -0.526. The van der Waals surface area contributed by atoms with Crippen molar-refractivity contribution >= 4 is 5.91 Å². The number of likely N-dealkylation sites (N-methyl/N-ethyl adjacent to an activating group) is 1. The van der Waals surface area contributed by atoms with E-state index in [9.17, 15) is 9.90 Å². The van der Waals surface area contributed by atoms with Crippen LogP contribution < -0.4 is 0 Å². The molecule has 1 aliphatic heterocycles. The molecule has 376 valence electrons. The van der Waals surface area contributed by atoms with E-state index >= 15 is 0 Å². The predicted molar refractivity (Wildman–Crippen MR) is 264 cm³/mol. The van der Waals surface area contributed by atoms with Crippen molar-refractivity contribution in [2.24, 2.45) is 5.92 Å². The molecule has 1 amide bonds. The second-order valence-electron chi connectivity index (χ2n) is 19.1. The van der Waals surface area contributed by atoms with Crippen molar-refractivity contribution < 1.29 is 38.3 Å². The van der Waals surface area contributed by atoms with Gasteiger partial charge in [-0.3, -0.25) is 4.79 Å². The molecule has 0 aliphatic carbocycles. The van der Waals surface area contributed by atoms with E-state index < -0.39 is 36.7 Å². The highest BCUT2D eigenvalue weighted by Crippen LogP contribution is 2.31. The van der Waals surface area contributed by atoms with Gasteiger partial charge in [0.1, 0.15) is 24.4 Å². The van der Waals surface area contributed by atoms with Crippen LogP contribution in [0.5, 0.6) is 0 Å². The van der Waals surface area contributed by atoms with E-state index in [1.54, 1.807) is 4.90 Å². The predicted octanol–water partition coefficient (Wildman–Crippen LogP) is 13.9. The van der Waals surface area contributed by atoms with Gasteiger partial charge in [-0.15, -0.1) is 0 Å². The first-order valence-corrected chi connectivity index (χ1v) is 27.4. The van der Waals surface area contributed by atoms with Crippen molar-refractivity contribution in [1.29, 1.82) is 0 Å². The zero-order chi connectivity index (χ0) is 46.2. The van der Waals surface area contributed by atoms with Crippen LogP contribution >= 0.6 is 0 Å². The lowest BCUT2D eigenvalue weighted by Gasteiger charge is -2.46. The van der Waals surface area contributed by atoms with Gasteiger partial charge in [0.25, 0.3) is 0 Å². The van der Waals surface area contributed by atoms with Gasteiger partial charge >= 0.3 is 0 Å². The molecule has 0 bridgehead atoms. The summed E-state index contributed by atoms with van der Waals surface area (Å²) in [5.41, 5.74) is 0. The van der Waals surface area contributed by atoms with E-state index in [4.69, 9.17) is 28.4 Å². The van der Waals surface area contributed by atoms with Gasteiger partial charge in [0, 0.05) is 39.4 Å². The van der Waals surface area contributed by atoms with E-state index in [2.05, 4.69) is 34.6 Å². The fourth-order valence-electron chi connectivity index (χ4n) is 8.71. The van der Waals surface area contributed by atoms with Crippen LogP contribution in [-0.2, 0) is 33.2 Å². The first kappa shape index (κ1) is 60.2. The minimum atomic E-state index is -0.772. The maximum absolute atomic E-state index is 13.9. The van der Waals surface area contributed by atoms with E-state index in [-0.39, 0.29) is 24.5 Å². The Morgan fingerprint density at radius 2 is 0.921 bits per heavy atom. The maximum atomic E-state index is 13.9. The number of aliphatic hydroxyl groups excluding tert-OH is 1. The molecule has 1 saturated heterocycles. The normalized spacial score (nSPS) is 20.6. The maximum Gasteiger partial charge on any atom is 0.225 e. The first-order chi connectivity index (χ1) is 30.8. The molecule has 1 aliphatic rings. The number of aliphatic hydroxyl groups is 1. The summed E-state index contributed by atoms with van der Waals surface area (Å²) < 4.78 is 39.3. The number of carbonyl (C=O) groups excluding carboxylic acids is 1. The number of hydrogen-bond donors (Lipinski definition) is 1. The fourth-order valence-corrected chi connectivity index (χ4v) is 8.71. The van der Waals surface area contributed by atoms with Crippen LogP contribution in [0.2, 0.25) is 0 Å². The lowest BCUT2D eigenvalue weighted by atomic mass is 9.97. The Kier molecular flexibility index (Phi) is 40.7. The second-order valence-corrected chi connectivity index (χ2v) is 19.1. The average Bonchev–Trinajstić information content (AvgIpc) is 3.29. The number of ether oxygens (including phenoxy) is 6. The molecule has 8 atom stereocenters. The van der Waals surface area contributed by atoms with Crippen molar-refractivity contribution in [2.75, 3.05) is 46.7 Å². The van der Waals surface area contributed by atoms with Crippen LogP contribution in [-0.4, -0.2) is 105 Å². The lowest BCUT2D eigenvalue weighted by Crippen LogP contribution is -2.62. The van der Waals surface area contributed by atoms with Crippen molar-refractivity contribution in [2.45, 2.75) is 290 Å². The third kappa shape index (κ3) is 28.9. The third-order valence-corrected chi connectivity index (χ3v) is 13.2. The van der Waals surface area contributed by atoms with Gasteiger partial charge in [-0.2, -0.15) is 0 Å². The van der Waals surface area contributed by atoms with Crippen LogP contribution in [0.25, 0.3) is 0 Å². The summed E-state index contributed by atoms with van der Waals surface area (Å²) in [6.07, 6.45) is 34.7. The van der Waals surface area contributed by atoms with E-state index in [1.165, 1.54) is 122 Å². The summed E-state index contributed by atoms with van der Waals surface area (Å²) in [5.74, 6) is -0.0723. The molecular weight excluding hydrogens is 791 g/mol. The molecule has 9 heteroatoms. The minimum Gasteiger partial charge on any atom is -0.391 e. The lowest BCUT2D eigenvalue weighted by molar-refractivity contribution is -0.326. The molecule has 0 aromatic heterocycles. The Morgan fingerprint density at radius 1 is 0.524 bits per heavy atom. The summed E-state index contributed by atoms with van der Waals surface area (Å²) in [7, 11) is 1.82. The fraction of sp³-hybridized carbons (Fsp3) is 0.981. The quantitative estimate of drug-likeness (QED) is 0.0604. The number of hydrogen-bond acceptors (Lipinski definition) is 8. The van der Waals surface area contributed by atoms with Gasteiger partial charge in [-0.05, 0) is 38.5 Å². The van der Waals surface area contributed by atoms with Gasteiger partial charge < -0.3 is 38.4 Å². The number of unbranched alkanes of at least 4 members (excludes halogenated alkanes) is 24. The molecule has 0 aromatic rings. The van der Waals surface area contributed by atoms with Crippen molar-refractivity contribution in [3.63, 3.8) is 0 Å². The second kappa shape index (κ2) is 42.5. The Bertz CT molecular complexity index is 987. The standard InChI is InChI=1S/C54H107NO8/c1-9-15-20-21-22-23-24-25-26-27-28-29-30-31-32-33-34-35-36-37-38-39-46(7)53(57)55(8)47(48(56)14-6)44-62-54-52(61-43-19-13-5)51(60-42-18-12-4)50(59-41-17-11-3)49(63-54)45-58-40-16-10-2/h46-52,54,56H,9-45H2,1-8H3/t46?,47-,48+,49?,50?,51?,52?,54?/m0/s1. The Hall–Kier alpha value is -0.810. The Labute approximate surface area is 390 Å². The number of amides is 1. The van der Waals surface area contributed by atoms with Crippen LogP contribution in [0.3, 0.4) is 0 Å². The zero-order valence-electron chi connectivity index (χ0n) is 43.0. The topological polar surface area (TPSA) is 95.9 Å². The van der Waals surface area contributed by atoms with Crippen LogP contribution in [0.15, 0.2) is 0 Å². The molecule has 9 nitrogen and oxygen atoms in total. The Balaban J connectivity index is 2.64. The molecule has 1 heterocycles. The molecule has 6 unspecified atom stereocenters. The SMILES string of the molecule is CCCCCCCCCCCCCCCCCCCCCCCC(C)C(=O)N(C)[C@@H](COC1OC(COCCCC)C(OCCCC)C(OCCCC)C1OCCCC)[C@H](O)CC. The molecule has 63 heavy (non-hydrogen) atoms. The van der Waals surface area contributed by atoms with Crippen molar-refractivity contribution in [3.05, 3.63) is 0 Å². The smallest absolute Gasteiger partial charge is 0.225 e.